The Morgan fingerprint density at radius 1 is 1.13 bits per heavy atom. The SMILES string of the molecule is CSc1cccc(NC(=O)c2cc3cc(C)ccc3oc2=O)c1. The van der Waals surface area contributed by atoms with E-state index in [2.05, 4.69) is 5.32 Å². The summed E-state index contributed by atoms with van der Waals surface area (Å²) in [6.07, 6.45) is 1.96. The van der Waals surface area contributed by atoms with E-state index in [-0.39, 0.29) is 5.56 Å². The number of benzene rings is 2. The van der Waals surface area contributed by atoms with Gasteiger partial charge in [0.2, 0.25) is 0 Å². The van der Waals surface area contributed by atoms with Crippen molar-refractivity contribution in [2.75, 3.05) is 11.6 Å². The predicted molar refractivity (Wildman–Crippen MR) is 93.4 cm³/mol. The van der Waals surface area contributed by atoms with Crippen LogP contribution in [-0.2, 0) is 0 Å². The Balaban J connectivity index is 1.96. The molecular weight excluding hydrogens is 310 g/mol. The fourth-order valence-electron chi connectivity index (χ4n) is 2.30. The van der Waals surface area contributed by atoms with Crippen LogP contribution in [0.3, 0.4) is 0 Å². The normalized spacial score (nSPS) is 10.7. The van der Waals surface area contributed by atoms with Crippen molar-refractivity contribution in [1.82, 2.24) is 0 Å². The number of carbonyl (C=O) groups is 1. The second-order valence-corrected chi connectivity index (χ2v) is 6.05. The van der Waals surface area contributed by atoms with Gasteiger partial charge in [-0.15, -0.1) is 11.8 Å². The first-order valence-electron chi connectivity index (χ1n) is 7.07. The van der Waals surface area contributed by atoms with Crippen LogP contribution in [0.2, 0.25) is 0 Å². The van der Waals surface area contributed by atoms with Crippen LogP contribution in [0.15, 0.2) is 62.6 Å². The van der Waals surface area contributed by atoms with Gasteiger partial charge in [0.1, 0.15) is 11.1 Å². The van der Waals surface area contributed by atoms with Crippen molar-refractivity contribution < 1.29 is 9.21 Å². The van der Waals surface area contributed by atoms with Crippen molar-refractivity contribution in [3.05, 3.63) is 70.1 Å². The van der Waals surface area contributed by atoms with Crippen molar-refractivity contribution in [2.24, 2.45) is 0 Å². The highest BCUT2D eigenvalue weighted by atomic mass is 32.2. The molecule has 0 aliphatic carbocycles. The highest BCUT2D eigenvalue weighted by Gasteiger charge is 2.14. The molecule has 0 bridgehead atoms. The largest absolute Gasteiger partial charge is 0.422 e. The van der Waals surface area contributed by atoms with E-state index in [1.165, 1.54) is 0 Å². The third-order valence-electron chi connectivity index (χ3n) is 3.46. The maximum Gasteiger partial charge on any atom is 0.349 e. The molecule has 0 spiro atoms. The Kier molecular flexibility index (Phi) is 4.21. The molecule has 0 atom stereocenters. The molecule has 1 N–H and O–H groups in total. The molecule has 1 amide bonds. The molecular formula is C18H15NO3S. The van der Waals surface area contributed by atoms with Crippen LogP contribution in [-0.4, -0.2) is 12.2 Å². The maximum atomic E-state index is 12.4. The minimum Gasteiger partial charge on any atom is -0.422 e. The lowest BCUT2D eigenvalue weighted by Gasteiger charge is -2.06. The predicted octanol–water partition coefficient (Wildman–Crippen LogP) is 4.08. The van der Waals surface area contributed by atoms with Gasteiger partial charge in [-0.05, 0) is 49.6 Å². The average Bonchev–Trinajstić information content (AvgIpc) is 2.54. The monoisotopic (exact) mass is 325 g/mol. The van der Waals surface area contributed by atoms with Gasteiger partial charge in [0.25, 0.3) is 5.91 Å². The lowest BCUT2D eigenvalue weighted by molar-refractivity contribution is 0.102. The van der Waals surface area contributed by atoms with Gasteiger partial charge in [-0.25, -0.2) is 4.79 Å². The van der Waals surface area contributed by atoms with Crippen LogP contribution >= 0.6 is 11.8 Å². The third kappa shape index (κ3) is 3.29. The van der Waals surface area contributed by atoms with Crippen molar-refractivity contribution in [3.8, 4) is 0 Å². The molecule has 4 nitrogen and oxygen atoms in total. The fourth-order valence-corrected chi connectivity index (χ4v) is 2.76. The summed E-state index contributed by atoms with van der Waals surface area (Å²) >= 11 is 1.58. The molecule has 3 rings (SSSR count). The zero-order valence-electron chi connectivity index (χ0n) is 12.8. The summed E-state index contributed by atoms with van der Waals surface area (Å²) in [5, 5.41) is 3.47. The van der Waals surface area contributed by atoms with Gasteiger partial charge in [0.05, 0.1) is 0 Å². The number of anilines is 1. The first kappa shape index (κ1) is 15.4. The third-order valence-corrected chi connectivity index (χ3v) is 4.19. The molecule has 1 heterocycles. The van der Waals surface area contributed by atoms with Crippen LogP contribution in [0.1, 0.15) is 15.9 Å². The summed E-state index contributed by atoms with van der Waals surface area (Å²) in [6.45, 7) is 1.94. The summed E-state index contributed by atoms with van der Waals surface area (Å²) in [6, 6.07) is 14.5. The van der Waals surface area contributed by atoms with Crippen LogP contribution in [0, 0.1) is 6.92 Å². The van der Waals surface area contributed by atoms with E-state index >= 15 is 0 Å². The minimum atomic E-state index is -0.639. The Morgan fingerprint density at radius 3 is 2.74 bits per heavy atom. The van der Waals surface area contributed by atoms with E-state index in [0.717, 1.165) is 15.8 Å². The van der Waals surface area contributed by atoms with Gasteiger partial charge in [0, 0.05) is 16.0 Å². The molecule has 5 heteroatoms. The maximum absolute atomic E-state index is 12.4. The van der Waals surface area contributed by atoms with E-state index in [0.29, 0.717) is 11.3 Å². The Morgan fingerprint density at radius 2 is 1.96 bits per heavy atom. The summed E-state index contributed by atoms with van der Waals surface area (Å²) in [5.41, 5.74) is 1.51. The summed E-state index contributed by atoms with van der Waals surface area (Å²) < 4.78 is 5.23. The quantitative estimate of drug-likeness (QED) is 0.582. The summed E-state index contributed by atoms with van der Waals surface area (Å²) in [7, 11) is 0. The highest BCUT2D eigenvalue weighted by Crippen LogP contribution is 2.20. The topological polar surface area (TPSA) is 59.3 Å². The molecule has 116 valence electrons. The lowest BCUT2D eigenvalue weighted by atomic mass is 10.1. The molecule has 2 aromatic carbocycles. The zero-order valence-corrected chi connectivity index (χ0v) is 13.6. The molecule has 0 aliphatic rings. The average molecular weight is 325 g/mol. The lowest BCUT2D eigenvalue weighted by Crippen LogP contribution is -2.20. The number of amides is 1. The van der Waals surface area contributed by atoms with Crippen LogP contribution in [0.4, 0.5) is 5.69 Å². The van der Waals surface area contributed by atoms with E-state index in [1.807, 2.05) is 43.5 Å². The second kappa shape index (κ2) is 6.30. The number of aryl methyl sites for hydroxylation is 1. The highest BCUT2D eigenvalue weighted by molar-refractivity contribution is 7.98. The van der Waals surface area contributed by atoms with Crippen molar-refractivity contribution in [3.63, 3.8) is 0 Å². The van der Waals surface area contributed by atoms with Gasteiger partial charge in [-0.1, -0.05) is 17.7 Å². The zero-order chi connectivity index (χ0) is 16.4. The minimum absolute atomic E-state index is 0.00217. The molecule has 0 saturated carbocycles. The van der Waals surface area contributed by atoms with Crippen LogP contribution < -0.4 is 10.9 Å². The van der Waals surface area contributed by atoms with E-state index in [1.54, 1.807) is 30.0 Å². The summed E-state index contributed by atoms with van der Waals surface area (Å²) in [5.74, 6) is -0.472. The molecule has 0 aliphatic heterocycles. The van der Waals surface area contributed by atoms with E-state index in [9.17, 15) is 9.59 Å². The number of thioether (sulfide) groups is 1. The van der Waals surface area contributed by atoms with Gasteiger partial charge >= 0.3 is 5.63 Å². The number of carbonyl (C=O) groups excluding carboxylic acids is 1. The molecule has 0 unspecified atom stereocenters. The van der Waals surface area contributed by atoms with Gasteiger partial charge < -0.3 is 9.73 Å². The number of hydrogen-bond acceptors (Lipinski definition) is 4. The van der Waals surface area contributed by atoms with Crippen molar-refractivity contribution in [2.45, 2.75) is 11.8 Å². The molecule has 1 aromatic heterocycles. The van der Waals surface area contributed by atoms with Gasteiger partial charge in [-0.3, -0.25) is 4.79 Å². The second-order valence-electron chi connectivity index (χ2n) is 5.17. The molecule has 0 fully saturated rings. The smallest absolute Gasteiger partial charge is 0.349 e. The molecule has 23 heavy (non-hydrogen) atoms. The summed E-state index contributed by atoms with van der Waals surface area (Å²) in [4.78, 5) is 25.5. The van der Waals surface area contributed by atoms with Crippen LogP contribution in [0.5, 0.6) is 0 Å². The molecule has 3 aromatic rings. The Hall–Kier alpha value is -2.53. The van der Waals surface area contributed by atoms with Crippen LogP contribution in [0.25, 0.3) is 11.0 Å². The van der Waals surface area contributed by atoms with Crippen molar-refractivity contribution in [1.29, 1.82) is 0 Å². The van der Waals surface area contributed by atoms with Gasteiger partial charge in [0.15, 0.2) is 0 Å². The standard InChI is InChI=1S/C18H15NO3S/c1-11-6-7-16-12(8-11)9-15(18(21)22-16)17(20)19-13-4-3-5-14(10-13)23-2/h3-10H,1-2H3,(H,19,20). The number of rotatable bonds is 3. The first-order valence-corrected chi connectivity index (χ1v) is 8.29. The fraction of sp³-hybridized carbons (Fsp3) is 0.111. The first-order chi connectivity index (χ1) is 11.1. The van der Waals surface area contributed by atoms with Gasteiger partial charge in [-0.2, -0.15) is 0 Å². The molecule has 0 saturated heterocycles. The number of nitrogens with one attached hydrogen (secondary N) is 1. The molecule has 0 radical (unpaired) electrons. The Labute approximate surface area is 137 Å². The van der Waals surface area contributed by atoms with E-state index < -0.39 is 11.5 Å². The van der Waals surface area contributed by atoms with Crippen molar-refractivity contribution >= 4 is 34.3 Å². The number of fused-ring (bicyclic) bond motifs is 1. The number of hydrogen-bond donors (Lipinski definition) is 1. The Bertz CT molecular complexity index is 946. The van der Waals surface area contributed by atoms with E-state index in [4.69, 9.17) is 4.42 Å².